The van der Waals surface area contributed by atoms with E-state index in [9.17, 15) is 17.6 Å². The molecule has 0 aliphatic carbocycles. The van der Waals surface area contributed by atoms with Gasteiger partial charge in [-0.3, -0.25) is 4.79 Å². The second kappa shape index (κ2) is 10.1. The lowest BCUT2D eigenvalue weighted by atomic mass is 10.0. The quantitative estimate of drug-likeness (QED) is 0.682. The molecule has 1 saturated heterocycles. The van der Waals surface area contributed by atoms with E-state index in [4.69, 9.17) is 0 Å². The van der Waals surface area contributed by atoms with Crippen LogP contribution >= 0.6 is 0 Å². The fraction of sp³-hybridized carbons (Fsp3) is 0.458. The minimum atomic E-state index is -3.67. The molecule has 1 N–H and O–H groups in total. The van der Waals surface area contributed by atoms with Gasteiger partial charge < -0.3 is 10.2 Å². The van der Waals surface area contributed by atoms with Crippen molar-refractivity contribution in [2.24, 2.45) is 0 Å². The first kappa shape index (κ1) is 24.4. The Bertz CT molecular complexity index is 1070. The van der Waals surface area contributed by atoms with Gasteiger partial charge in [-0.25, -0.2) is 12.8 Å². The van der Waals surface area contributed by atoms with E-state index < -0.39 is 10.0 Å². The smallest absolute Gasteiger partial charge is 0.251 e. The van der Waals surface area contributed by atoms with Crippen LogP contribution in [0.25, 0.3) is 0 Å². The van der Waals surface area contributed by atoms with Crippen LogP contribution in [0.2, 0.25) is 0 Å². The topological polar surface area (TPSA) is 69.7 Å². The Kier molecular flexibility index (Phi) is 7.69. The number of hydrogen-bond acceptors (Lipinski definition) is 4. The zero-order valence-electron chi connectivity index (χ0n) is 19.1. The third kappa shape index (κ3) is 5.36. The molecular weight excluding hydrogens is 429 g/mol. The van der Waals surface area contributed by atoms with E-state index >= 15 is 0 Å². The van der Waals surface area contributed by atoms with Gasteiger partial charge in [0.05, 0.1) is 10.9 Å². The Morgan fingerprint density at radius 2 is 1.97 bits per heavy atom. The molecule has 2 aromatic rings. The molecule has 0 bridgehead atoms. The molecule has 1 fully saturated rings. The number of hydrogen-bond donors (Lipinski definition) is 1. The van der Waals surface area contributed by atoms with E-state index in [0.29, 0.717) is 17.7 Å². The highest BCUT2D eigenvalue weighted by Gasteiger charge is 2.31. The predicted octanol–water partition coefficient (Wildman–Crippen LogP) is 3.73. The van der Waals surface area contributed by atoms with Crippen LogP contribution in [0, 0.1) is 12.7 Å². The van der Waals surface area contributed by atoms with Crippen molar-refractivity contribution in [3.8, 4) is 0 Å². The maximum absolute atomic E-state index is 13.7. The van der Waals surface area contributed by atoms with Crippen molar-refractivity contribution in [1.29, 1.82) is 0 Å². The largest absolute Gasteiger partial charge is 0.350 e. The molecule has 0 saturated carbocycles. The van der Waals surface area contributed by atoms with Gasteiger partial charge >= 0.3 is 0 Å². The van der Waals surface area contributed by atoms with Crippen LogP contribution < -0.4 is 5.32 Å². The molecule has 174 valence electrons. The first-order chi connectivity index (χ1) is 15.1. The number of amides is 1. The zero-order valence-corrected chi connectivity index (χ0v) is 20.0. The summed E-state index contributed by atoms with van der Waals surface area (Å²) in [5.41, 5.74) is 1.77. The van der Waals surface area contributed by atoms with Crippen molar-refractivity contribution in [2.45, 2.75) is 50.1 Å². The van der Waals surface area contributed by atoms with Crippen molar-refractivity contribution in [1.82, 2.24) is 14.5 Å². The van der Waals surface area contributed by atoms with Crippen LogP contribution in [-0.4, -0.2) is 56.8 Å². The van der Waals surface area contributed by atoms with Gasteiger partial charge in [-0.05, 0) is 76.2 Å². The number of carbonyl (C=O) groups is 1. The minimum Gasteiger partial charge on any atom is -0.350 e. The van der Waals surface area contributed by atoms with E-state index in [2.05, 4.69) is 5.32 Å². The monoisotopic (exact) mass is 461 g/mol. The molecule has 6 nitrogen and oxygen atoms in total. The summed E-state index contributed by atoms with van der Waals surface area (Å²) >= 11 is 0. The van der Waals surface area contributed by atoms with Gasteiger partial charge in [0.2, 0.25) is 10.0 Å². The summed E-state index contributed by atoms with van der Waals surface area (Å²) in [7, 11) is 0.0491. The van der Waals surface area contributed by atoms with E-state index in [1.807, 2.05) is 32.0 Å². The summed E-state index contributed by atoms with van der Waals surface area (Å²) < 4.78 is 41.6. The van der Waals surface area contributed by atoms with Crippen LogP contribution in [-0.2, 0) is 10.0 Å². The minimum absolute atomic E-state index is 0.0561. The highest BCUT2D eigenvalue weighted by Crippen LogP contribution is 2.26. The molecule has 8 heteroatoms. The predicted molar refractivity (Wildman–Crippen MR) is 124 cm³/mol. The first-order valence-corrected chi connectivity index (χ1v) is 12.4. The highest BCUT2D eigenvalue weighted by molar-refractivity contribution is 7.89. The van der Waals surface area contributed by atoms with Gasteiger partial charge in [0.1, 0.15) is 5.82 Å². The van der Waals surface area contributed by atoms with Crippen LogP contribution in [0.1, 0.15) is 53.7 Å². The number of nitrogens with zero attached hydrogens (tertiary/aromatic N) is 2. The van der Waals surface area contributed by atoms with E-state index in [0.717, 1.165) is 24.8 Å². The summed E-state index contributed by atoms with van der Waals surface area (Å²) in [6.45, 7) is 4.46. The normalized spacial score (nSPS) is 18.5. The molecule has 2 aromatic carbocycles. The number of halogens is 1. The SMILES string of the molecule is Cc1ccc(S(=O)(=O)N2CCCCC2C)cc1C(=O)NCC(c1cccc(F)c1)N(C)C. The van der Waals surface area contributed by atoms with Gasteiger partial charge in [-0.1, -0.05) is 24.6 Å². The Hall–Kier alpha value is -2.29. The molecule has 3 rings (SSSR count). The van der Waals surface area contributed by atoms with Crippen molar-refractivity contribution in [3.05, 3.63) is 65.0 Å². The van der Waals surface area contributed by atoms with E-state index in [-0.39, 0.29) is 35.2 Å². The number of sulfonamides is 1. The molecule has 1 aliphatic rings. The maximum Gasteiger partial charge on any atom is 0.251 e. The molecule has 32 heavy (non-hydrogen) atoms. The summed E-state index contributed by atoms with van der Waals surface area (Å²) in [6.07, 6.45) is 2.70. The van der Waals surface area contributed by atoms with Gasteiger partial charge in [-0.15, -0.1) is 0 Å². The number of rotatable bonds is 7. The Morgan fingerprint density at radius 1 is 1.22 bits per heavy atom. The van der Waals surface area contributed by atoms with Crippen molar-refractivity contribution in [3.63, 3.8) is 0 Å². The number of nitrogens with one attached hydrogen (secondary N) is 1. The van der Waals surface area contributed by atoms with Crippen LogP contribution in [0.4, 0.5) is 4.39 Å². The van der Waals surface area contributed by atoms with Crippen LogP contribution in [0.5, 0.6) is 0 Å². The zero-order chi connectivity index (χ0) is 23.5. The summed E-state index contributed by atoms with van der Waals surface area (Å²) in [5.74, 6) is -0.684. The standard InChI is InChI=1S/C24H32FN3O3S/c1-17-11-12-21(32(30,31)28-13-6-5-8-18(28)2)15-22(17)24(29)26-16-23(27(3)4)19-9-7-10-20(25)14-19/h7,9-12,14-15,18,23H,5-6,8,13,16H2,1-4H3,(H,26,29). The molecule has 1 amide bonds. The average molecular weight is 462 g/mol. The number of aryl methyl sites for hydroxylation is 1. The van der Waals surface area contributed by atoms with Crippen molar-refractivity contribution < 1.29 is 17.6 Å². The number of carbonyl (C=O) groups excluding carboxylic acids is 1. The van der Waals surface area contributed by atoms with Crippen LogP contribution in [0.15, 0.2) is 47.4 Å². The van der Waals surface area contributed by atoms with Gasteiger partial charge in [-0.2, -0.15) is 4.31 Å². The Balaban J connectivity index is 1.81. The maximum atomic E-state index is 13.7. The van der Waals surface area contributed by atoms with Gasteiger partial charge in [0.15, 0.2) is 0 Å². The molecule has 2 atom stereocenters. The Morgan fingerprint density at radius 3 is 2.62 bits per heavy atom. The highest BCUT2D eigenvalue weighted by atomic mass is 32.2. The lowest BCUT2D eigenvalue weighted by Crippen LogP contribution is -2.42. The van der Waals surface area contributed by atoms with Gasteiger partial charge in [0, 0.05) is 24.7 Å². The number of piperidine rings is 1. The third-order valence-corrected chi connectivity index (χ3v) is 8.12. The van der Waals surface area contributed by atoms with Crippen molar-refractivity contribution in [2.75, 3.05) is 27.2 Å². The second-order valence-electron chi connectivity index (χ2n) is 8.68. The molecule has 1 aliphatic heterocycles. The molecular formula is C24H32FN3O3S. The molecule has 2 unspecified atom stereocenters. The average Bonchev–Trinajstić information content (AvgIpc) is 2.74. The fourth-order valence-corrected chi connectivity index (χ4v) is 5.89. The lowest BCUT2D eigenvalue weighted by Gasteiger charge is -2.32. The van der Waals surface area contributed by atoms with E-state index in [1.165, 1.54) is 22.5 Å². The lowest BCUT2D eigenvalue weighted by molar-refractivity contribution is 0.0941. The second-order valence-corrected chi connectivity index (χ2v) is 10.6. The van der Waals surface area contributed by atoms with Crippen LogP contribution in [0.3, 0.4) is 0 Å². The third-order valence-electron chi connectivity index (χ3n) is 6.12. The molecule has 0 aromatic heterocycles. The Labute approximate surface area is 190 Å². The molecule has 0 radical (unpaired) electrons. The summed E-state index contributed by atoms with van der Waals surface area (Å²) in [5, 5.41) is 2.89. The number of benzene rings is 2. The fourth-order valence-electron chi connectivity index (χ4n) is 4.17. The summed E-state index contributed by atoms with van der Waals surface area (Å²) in [4.78, 5) is 15.0. The van der Waals surface area contributed by atoms with E-state index in [1.54, 1.807) is 25.1 Å². The summed E-state index contributed by atoms with van der Waals surface area (Å²) in [6, 6.07) is 10.7. The van der Waals surface area contributed by atoms with Crippen molar-refractivity contribution >= 4 is 15.9 Å². The number of likely N-dealkylation sites (N-methyl/N-ethyl adjacent to an activating group) is 1. The molecule has 0 spiro atoms. The first-order valence-electron chi connectivity index (χ1n) is 10.9. The van der Waals surface area contributed by atoms with Gasteiger partial charge in [0.25, 0.3) is 5.91 Å². The molecule has 1 heterocycles.